The second-order valence-corrected chi connectivity index (χ2v) is 3.33. The van der Waals surface area contributed by atoms with Gasteiger partial charge in [0, 0.05) is 20.3 Å². The number of hydrogen-bond acceptors (Lipinski definition) is 1. The summed E-state index contributed by atoms with van der Waals surface area (Å²) in [5.74, 6) is 0. The highest BCUT2D eigenvalue weighted by Crippen LogP contribution is 2.15. The van der Waals surface area contributed by atoms with Gasteiger partial charge in [0.15, 0.2) is 0 Å². The zero-order valence-electron chi connectivity index (χ0n) is 8.27. The van der Waals surface area contributed by atoms with E-state index in [9.17, 15) is 4.79 Å². The molecule has 14 heavy (non-hydrogen) atoms. The standard InChI is InChI=1S/C11H12N2O/c1-12-8-10(13(2)11(12)14)9-6-4-3-5-7-9/h3-8H,1-2H3. The minimum absolute atomic E-state index is 0.00357. The van der Waals surface area contributed by atoms with Gasteiger partial charge in [0.1, 0.15) is 0 Å². The Hall–Kier alpha value is -1.77. The molecule has 0 N–H and O–H groups in total. The molecule has 0 amide bonds. The third-order valence-corrected chi connectivity index (χ3v) is 2.34. The Labute approximate surface area is 82.2 Å². The van der Waals surface area contributed by atoms with E-state index >= 15 is 0 Å². The molecule has 0 fully saturated rings. The predicted molar refractivity (Wildman–Crippen MR) is 56.1 cm³/mol. The van der Waals surface area contributed by atoms with Crippen molar-refractivity contribution < 1.29 is 0 Å². The number of nitrogens with zero attached hydrogens (tertiary/aromatic N) is 2. The second-order valence-electron chi connectivity index (χ2n) is 3.33. The first-order valence-electron chi connectivity index (χ1n) is 4.48. The third-order valence-electron chi connectivity index (χ3n) is 2.34. The fraction of sp³-hybridized carbons (Fsp3) is 0.182. The molecule has 3 heteroatoms. The van der Waals surface area contributed by atoms with E-state index in [1.807, 2.05) is 36.5 Å². The van der Waals surface area contributed by atoms with Crippen LogP contribution >= 0.6 is 0 Å². The van der Waals surface area contributed by atoms with Gasteiger partial charge in [-0.15, -0.1) is 0 Å². The Kier molecular flexibility index (Phi) is 2.00. The molecule has 0 saturated carbocycles. The van der Waals surface area contributed by atoms with Gasteiger partial charge in [-0.1, -0.05) is 30.3 Å². The predicted octanol–water partition coefficient (Wildman–Crippen LogP) is 1.39. The van der Waals surface area contributed by atoms with Crippen LogP contribution in [0.15, 0.2) is 41.3 Å². The van der Waals surface area contributed by atoms with Gasteiger partial charge in [-0.3, -0.25) is 4.57 Å². The third kappa shape index (κ3) is 1.27. The Bertz CT molecular complexity index is 494. The number of hydrogen-bond donors (Lipinski definition) is 0. The fourth-order valence-corrected chi connectivity index (χ4v) is 1.54. The maximum Gasteiger partial charge on any atom is 0.328 e. The molecule has 1 aromatic heterocycles. The first kappa shape index (κ1) is 8.81. The minimum Gasteiger partial charge on any atom is -0.302 e. The van der Waals surface area contributed by atoms with Gasteiger partial charge in [0.05, 0.1) is 5.69 Å². The van der Waals surface area contributed by atoms with Crippen LogP contribution in [0.25, 0.3) is 11.3 Å². The molecule has 0 bridgehead atoms. The van der Waals surface area contributed by atoms with Crippen LogP contribution in [-0.2, 0) is 14.1 Å². The zero-order chi connectivity index (χ0) is 10.1. The minimum atomic E-state index is 0.00357. The van der Waals surface area contributed by atoms with E-state index in [0.29, 0.717) is 0 Å². The van der Waals surface area contributed by atoms with Crippen molar-refractivity contribution in [2.45, 2.75) is 0 Å². The molecule has 0 aliphatic heterocycles. The topological polar surface area (TPSA) is 26.9 Å². The number of imidazole rings is 1. The van der Waals surface area contributed by atoms with E-state index in [1.54, 1.807) is 23.2 Å². The Morgan fingerprint density at radius 2 is 1.71 bits per heavy atom. The van der Waals surface area contributed by atoms with Gasteiger partial charge in [-0.25, -0.2) is 4.79 Å². The van der Waals surface area contributed by atoms with Gasteiger partial charge in [0.2, 0.25) is 0 Å². The molecule has 0 radical (unpaired) electrons. The van der Waals surface area contributed by atoms with Crippen molar-refractivity contribution in [2.24, 2.45) is 14.1 Å². The summed E-state index contributed by atoms with van der Waals surface area (Å²) in [7, 11) is 3.54. The fourth-order valence-electron chi connectivity index (χ4n) is 1.54. The van der Waals surface area contributed by atoms with Crippen molar-refractivity contribution in [3.8, 4) is 11.3 Å². The van der Waals surface area contributed by atoms with Crippen molar-refractivity contribution >= 4 is 0 Å². The van der Waals surface area contributed by atoms with Gasteiger partial charge in [-0.05, 0) is 5.56 Å². The summed E-state index contributed by atoms with van der Waals surface area (Å²) >= 11 is 0. The van der Waals surface area contributed by atoms with E-state index in [1.165, 1.54) is 0 Å². The molecular formula is C11H12N2O. The largest absolute Gasteiger partial charge is 0.328 e. The summed E-state index contributed by atoms with van der Waals surface area (Å²) in [6, 6.07) is 9.88. The van der Waals surface area contributed by atoms with E-state index in [0.717, 1.165) is 11.3 Å². The first-order chi connectivity index (χ1) is 6.70. The highest BCUT2D eigenvalue weighted by molar-refractivity contribution is 5.58. The van der Waals surface area contributed by atoms with Crippen molar-refractivity contribution in [1.29, 1.82) is 0 Å². The number of benzene rings is 1. The smallest absolute Gasteiger partial charge is 0.302 e. The molecule has 0 aliphatic rings. The second kappa shape index (κ2) is 3.18. The van der Waals surface area contributed by atoms with Crippen molar-refractivity contribution in [2.75, 3.05) is 0 Å². The Morgan fingerprint density at radius 1 is 1.07 bits per heavy atom. The van der Waals surface area contributed by atoms with Crippen molar-refractivity contribution in [1.82, 2.24) is 9.13 Å². The van der Waals surface area contributed by atoms with Gasteiger partial charge < -0.3 is 4.57 Å². The van der Waals surface area contributed by atoms with Crippen molar-refractivity contribution in [3.05, 3.63) is 47.0 Å². The van der Waals surface area contributed by atoms with Crippen LogP contribution in [0, 0.1) is 0 Å². The van der Waals surface area contributed by atoms with Gasteiger partial charge in [0.25, 0.3) is 0 Å². The highest BCUT2D eigenvalue weighted by Gasteiger charge is 2.06. The van der Waals surface area contributed by atoms with Crippen LogP contribution in [0.1, 0.15) is 0 Å². The molecule has 1 aromatic carbocycles. The molecule has 2 aromatic rings. The van der Waals surface area contributed by atoms with E-state index in [2.05, 4.69) is 0 Å². The molecule has 0 unspecified atom stereocenters. The average Bonchev–Trinajstić information content (AvgIpc) is 2.47. The number of aromatic nitrogens is 2. The first-order valence-corrected chi connectivity index (χ1v) is 4.48. The van der Waals surface area contributed by atoms with Crippen molar-refractivity contribution in [3.63, 3.8) is 0 Å². The summed E-state index contributed by atoms with van der Waals surface area (Å²) in [4.78, 5) is 11.5. The quantitative estimate of drug-likeness (QED) is 0.664. The van der Waals surface area contributed by atoms with Crippen LogP contribution in [-0.4, -0.2) is 9.13 Å². The summed E-state index contributed by atoms with van der Waals surface area (Å²) in [5, 5.41) is 0. The van der Waals surface area contributed by atoms with Crippen LogP contribution in [0.2, 0.25) is 0 Å². The van der Waals surface area contributed by atoms with Gasteiger partial charge >= 0.3 is 5.69 Å². The lowest BCUT2D eigenvalue weighted by molar-refractivity contribution is 0.778. The molecule has 0 spiro atoms. The van der Waals surface area contributed by atoms with Crippen LogP contribution in [0.3, 0.4) is 0 Å². The molecule has 3 nitrogen and oxygen atoms in total. The maximum atomic E-state index is 11.5. The molecule has 0 atom stereocenters. The molecule has 2 rings (SSSR count). The van der Waals surface area contributed by atoms with E-state index in [-0.39, 0.29) is 5.69 Å². The summed E-state index contributed by atoms with van der Waals surface area (Å²) in [5.41, 5.74) is 2.01. The van der Waals surface area contributed by atoms with Crippen LogP contribution in [0.5, 0.6) is 0 Å². The van der Waals surface area contributed by atoms with Gasteiger partial charge in [-0.2, -0.15) is 0 Å². The SMILES string of the molecule is Cn1cc(-c2ccccc2)n(C)c1=O. The lowest BCUT2D eigenvalue weighted by atomic mass is 10.2. The monoisotopic (exact) mass is 188 g/mol. The zero-order valence-corrected chi connectivity index (χ0v) is 8.27. The highest BCUT2D eigenvalue weighted by atomic mass is 16.1. The molecule has 72 valence electrons. The summed E-state index contributed by atoms with van der Waals surface area (Å²) in [6.07, 6.45) is 1.84. The van der Waals surface area contributed by atoms with E-state index < -0.39 is 0 Å². The average molecular weight is 188 g/mol. The van der Waals surface area contributed by atoms with Crippen LogP contribution in [0.4, 0.5) is 0 Å². The number of rotatable bonds is 1. The number of aryl methyl sites for hydroxylation is 1. The lowest BCUT2D eigenvalue weighted by Gasteiger charge is -1.99. The normalized spacial score (nSPS) is 10.4. The van der Waals surface area contributed by atoms with Crippen LogP contribution < -0.4 is 5.69 Å². The lowest BCUT2D eigenvalue weighted by Crippen LogP contribution is -2.19. The summed E-state index contributed by atoms with van der Waals surface area (Å²) < 4.78 is 3.23. The molecule has 1 heterocycles. The van der Waals surface area contributed by atoms with E-state index in [4.69, 9.17) is 0 Å². The Morgan fingerprint density at radius 3 is 2.21 bits per heavy atom. The Balaban J connectivity index is 2.64. The molecule has 0 aliphatic carbocycles. The summed E-state index contributed by atoms with van der Waals surface area (Å²) in [6.45, 7) is 0. The molecular weight excluding hydrogens is 176 g/mol. The molecule has 0 saturated heterocycles. The maximum absolute atomic E-state index is 11.5.